The van der Waals surface area contributed by atoms with Crippen LogP contribution < -0.4 is 11.1 Å². The number of carbonyl (C=O) groups is 1. The maximum Gasteiger partial charge on any atom is 0.241 e. The Bertz CT molecular complexity index is 662. The molecule has 2 rings (SSSR count). The number of aromatic nitrogens is 2. The lowest BCUT2D eigenvalue weighted by molar-refractivity contribution is -0.121. The number of hydrogen-bond acceptors (Lipinski definition) is 5. The maximum absolute atomic E-state index is 11.7. The van der Waals surface area contributed by atoms with E-state index in [0.717, 1.165) is 17.1 Å². The number of benzene rings is 1. The van der Waals surface area contributed by atoms with E-state index >= 15 is 0 Å². The summed E-state index contributed by atoms with van der Waals surface area (Å²) in [4.78, 5) is 11.7. The van der Waals surface area contributed by atoms with Gasteiger partial charge in [0.2, 0.25) is 5.91 Å². The van der Waals surface area contributed by atoms with Crippen molar-refractivity contribution in [3.8, 4) is 0 Å². The number of aryl methyl sites for hydroxylation is 1. The molecule has 0 radical (unpaired) electrons. The van der Waals surface area contributed by atoms with E-state index in [1.54, 1.807) is 4.68 Å². The lowest BCUT2D eigenvalue weighted by Crippen LogP contribution is -2.32. The van der Waals surface area contributed by atoms with Gasteiger partial charge in [-0.05, 0) is 26.0 Å². The van der Waals surface area contributed by atoms with Crippen LogP contribution in [0, 0.1) is 13.8 Å². The Morgan fingerprint density at radius 2 is 2.00 bits per heavy atom. The molecule has 1 aromatic carbocycles. The van der Waals surface area contributed by atoms with Crippen molar-refractivity contribution in [2.75, 3.05) is 13.1 Å². The van der Waals surface area contributed by atoms with Gasteiger partial charge in [-0.3, -0.25) is 9.48 Å². The van der Waals surface area contributed by atoms with Crippen LogP contribution in [0.2, 0.25) is 0 Å². The molecule has 2 aromatic rings. The second-order valence-corrected chi connectivity index (χ2v) is 4.85. The van der Waals surface area contributed by atoms with Crippen LogP contribution >= 0.6 is 0 Å². The molecule has 0 spiro atoms. The Hall–Kier alpha value is -2.54. The van der Waals surface area contributed by atoms with Gasteiger partial charge in [-0.2, -0.15) is 10.2 Å². The van der Waals surface area contributed by atoms with Gasteiger partial charge >= 0.3 is 0 Å². The standard InChI is InChI=1S/C15H20N6O/c1-11-15(19-18-13-6-4-3-5-7-13)12(2)21(20-11)10-14(22)17-9-8-16/h3-7H,8-10,16H2,1-2H3,(H,17,22)/b19-18+. The van der Waals surface area contributed by atoms with Crippen LogP contribution in [0.25, 0.3) is 0 Å². The highest BCUT2D eigenvalue weighted by Gasteiger charge is 2.13. The fraction of sp³-hybridized carbons (Fsp3) is 0.333. The molecule has 7 nitrogen and oxygen atoms in total. The van der Waals surface area contributed by atoms with Gasteiger partial charge in [-0.15, -0.1) is 5.11 Å². The van der Waals surface area contributed by atoms with Gasteiger partial charge in [0, 0.05) is 13.1 Å². The number of carbonyl (C=O) groups excluding carboxylic acids is 1. The zero-order valence-corrected chi connectivity index (χ0v) is 12.8. The Morgan fingerprint density at radius 3 is 2.68 bits per heavy atom. The largest absolute Gasteiger partial charge is 0.353 e. The molecule has 0 fully saturated rings. The van der Waals surface area contributed by atoms with E-state index in [2.05, 4.69) is 20.6 Å². The number of azo groups is 1. The van der Waals surface area contributed by atoms with Gasteiger partial charge in [-0.25, -0.2) is 0 Å². The SMILES string of the molecule is Cc1nn(CC(=O)NCCN)c(C)c1/N=N/c1ccccc1. The van der Waals surface area contributed by atoms with Gasteiger partial charge in [0.1, 0.15) is 12.2 Å². The fourth-order valence-corrected chi connectivity index (χ4v) is 1.99. The van der Waals surface area contributed by atoms with E-state index in [1.165, 1.54) is 0 Å². The van der Waals surface area contributed by atoms with Crippen molar-refractivity contribution < 1.29 is 4.79 Å². The highest BCUT2D eigenvalue weighted by molar-refractivity contribution is 5.75. The number of amides is 1. The minimum Gasteiger partial charge on any atom is -0.353 e. The second kappa shape index (κ2) is 7.46. The summed E-state index contributed by atoms with van der Waals surface area (Å²) in [6.45, 7) is 4.74. The summed E-state index contributed by atoms with van der Waals surface area (Å²) in [5, 5.41) is 15.5. The van der Waals surface area contributed by atoms with E-state index in [-0.39, 0.29) is 12.5 Å². The van der Waals surface area contributed by atoms with Gasteiger partial charge in [-0.1, -0.05) is 18.2 Å². The molecular formula is C15H20N6O. The average Bonchev–Trinajstić information content (AvgIpc) is 2.78. The van der Waals surface area contributed by atoms with E-state index in [0.29, 0.717) is 18.8 Å². The lowest BCUT2D eigenvalue weighted by atomic mass is 10.3. The van der Waals surface area contributed by atoms with E-state index < -0.39 is 0 Å². The average molecular weight is 300 g/mol. The molecule has 116 valence electrons. The highest BCUT2D eigenvalue weighted by atomic mass is 16.2. The van der Waals surface area contributed by atoms with Crippen molar-refractivity contribution in [1.29, 1.82) is 0 Å². The van der Waals surface area contributed by atoms with Crippen LogP contribution in [-0.2, 0) is 11.3 Å². The number of nitrogens with two attached hydrogens (primary N) is 1. The number of nitrogens with one attached hydrogen (secondary N) is 1. The molecule has 3 N–H and O–H groups in total. The molecule has 0 aliphatic rings. The monoisotopic (exact) mass is 300 g/mol. The minimum atomic E-state index is -0.123. The molecule has 0 unspecified atom stereocenters. The Balaban J connectivity index is 2.13. The predicted molar refractivity (Wildman–Crippen MR) is 84.4 cm³/mol. The summed E-state index contributed by atoms with van der Waals surface area (Å²) >= 11 is 0. The van der Waals surface area contributed by atoms with Crippen LogP contribution in [0.5, 0.6) is 0 Å². The third-order valence-corrected chi connectivity index (χ3v) is 3.12. The van der Waals surface area contributed by atoms with Crippen molar-refractivity contribution in [2.24, 2.45) is 16.0 Å². The first kappa shape index (κ1) is 15.8. The summed E-state index contributed by atoms with van der Waals surface area (Å²) in [6, 6.07) is 9.48. The Kier molecular flexibility index (Phi) is 5.37. The molecule has 0 atom stereocenters. The van der Waals surface area contributed by atoms with Crippen LogP contribution in [0.3, 0.4) is 0 Å². The van der Waals surface area contributed by atoms with Gasteiger partial charge < -0.3 is 11.1 Å². The fourth-order valence-electron chi connectivity index (χ4n) is 1.99. The highest BCUT2D eigenvalue weighted by Crippen LogP contribution is 2.25. The summed E-state index contributed by atoms with van der Waals surface area (Å²) in [5.41, 5.74) is 8.37. The Morgan fingerprint density at radius 1 is 1.27 bits per heavy atom. The van der Waals surface area contributed by atoms with E-state index in [1.807, 2.05) is 44.2 Å². The number of nitrogens with zero attached hydrogens (tertiary/aromatic N) is 4. The molecule has 22 heavy (non-hydrogen) atoms. The number of hydrogen-bond donors (Lipinski definition) is 2. The molecule has 1 aromatic heterocycles. The smallest absolute Gasteiger partial charge is 0.241 e. The molecule has 0 bridgehead atoms. The Labute approximate surface area is 129 Å². The first-order chi connectivity index (χ1) is 10.6. The second-order valence-electron chi connectivity index (χ2n) is 4.85. The normalized spacial score (nSPS) is 11.0. The van der Waals surface area contributed by atoms with Crippen LogP contribution in [0.15, 0.2) is 40.6 Å². The van der Waals surface area contributed by atoms with Crippen LogP contribution in [0.4, 0.5) is 11.4 Å². The summed E-state index contributed by atoms with van der Waals surface area (Å²) < 4.78 is 1.63. The van der Waals surface area contributed by atoms with Gasteiger partial charge in [0.05, 0.1) is 17.1 Å². The molecule has 0 saturated carbocycles. The lowest BCUT2D eigenvalue weighted by Gasteiger charge is -2.05. The summed E-state index contributed by atoms with van der Waals surface area (Å²) in [6.07, 6.45) is 0. The number of rotatable bonds is 6. The van der Waals surface area contributed by atoms with Crippen molar-refractivity contribution in [3.63, 3.8) is 0 Å². The van der Waals surface area contributed by atoms with Crippen LogP contribution in [0.1, 0.15) is 11.4 Å². The third kappa shape index (κ3) is 3.98. The van der Waals surface area contributed by atoms with Gasteiger partial charge in [0.25, 0.3) is 0 Å². The van der Waals surface area contributed by atoms with Crippen molar-refractivity contribution >= 4 is 17.3 Å². The van der Waals surface area contributed by atoms with E-state index in [9.17, 15) is 4.79 Å². The topological polar surface area (TPSA) is 97.7 Å². The molecule has 1 amide bonds. The molecule has 1 heterocycles. The minimum absolute atomic E-state index is 0.123. The molecule has 0 aliphatic heterocycles. The van der Waals surface area contributed by atoms with Crippen molar-refractivity contribution in [2.45, 2.75) is 20.4 Å². The van der Waals surface area contributed by atoms with Crippen molar-refractivity contribution in [1.82, 2.24) is 15.1 Å². The van der Waals surface area contributed by atoms with Crippen LogP contribution in [-0.4, -0.2) is 28.8 Å². The molecule has 0 aliphatic carbocycles. The zero-order chi connectivity index (χ0) is 15.9. The van der Waals surface area contributed by atoms with E-state index in [4.69, 9.17) is 5.73 Å². The molecular weight excluding hydrogens is 280 g/mol. The molecule has 0 saturated heterocycles. The zero-order valence-electron chi connectivity index (χ0n) is 12.8. The first-order valence-electron chi connectivity index (χ1n) is 7.09. The van der Waals surface area contributed by atoms with Crippen molar-refractivity contribution in [3.05, 3.63) is 41.7 Å². The predicted octanol–water partition coefficient (Wildman–Crippen LogP) is 1.99. The quantitative estimate of drug-likeness (QED) is 0.798. The summed E-state index contributed by atoms with van der Waals surface area (Å²) in [7, 11) is 0. The third-order valence-electron chi connectivity index (χ3n) is 3.12. The first-order valence-corrected chi connectivity index (χ1v) is 7.09. The summed E-state index contributed by atoms with van der Waals surface area (Å²) in [5.74, 6) is -0.123. The molecule has 7 heteroatoms. The maximum atomic E-state index is 11.7. The van der Waals surface area contributed by atoms with Gasteiger partial charge in [0.15, 0.2) is 0 Å².